The molecule has 0 bridgehead atoms. The lowest BCUT2D eigenvalue weighted by Crippen LogP contribution is -2.36. The van der Waals surface area contributed by atoms with E-state index in [0.29, 0.717) is 12.1 Å². The van der Waals surface area contributed by atoms with Crippen LogP contribution in [0.15, 0.2) is 53.3 Å². The number of hydrogen-bond donors (Lipinski definition) is 1. The number of aliphatic hydroxyl groups is 1. The number of rotatable bonds is 5. The van der Waals surface area contributed by atoms with Crippen LogP contribution < -0.4 is 0 Å². The van der Waals surface area contributed by atoms with E-state index in [9.17, 15) is 9.90 Å². The van der Waals surface area contributed by atoms with E-state index in [4.69, 9.17) is 0 Å². The van der Waals surface area contributed by atoms with Crippen molar-refractivity contribution in [1.29, 1.82) is 0 Å². The number of carbonyl (C=O) groups excluding carboxylic acids is 1. The molecule has 3 rings (SSSR count). The van der Waals surface area contributed by atoms with E-state index in [2.05, 4.69) is 20.9 Å². The minimum atomic E-state index is -1.15. The zero-order valence-electron chi connectivity index (χ0n) is 12.0. The molecular weight excluding hydrogens is 344 g/mol. The average molecular weight is 361 g/mol. The van der Waals surface area contributed by atoms with Gasteiger partial charge in [0, 0.05) is 35.0 Å². The fourth-order valence-electron chi connectivity index (χ4n) is 2.44. The lowest BCUT2D eigenvalue weighted by Gasteiger charge is -2.25. The van der Waals surface area contributed by atoms with Gasteiger partial charge in [-0.3, -0.25) is 9.78 Å². The number of benzene rings is 1. The Morgan fingerprint density at radius 2 is 2.18 bits per heavy atom. The Kier molecular flexibility index (Phi) is 4.55. The van der Waals surface area contributed by atoms with E-state index < -0.39 is 6.10 Å². The molecule has 22 heavy (non-hydrogen) atoms. The quantitative estimate of drug-likeness (QED) is 0.891. The number of nitrogens with zero attached hydrogens (tertiary/aromatic N) is 2. The molecule has 1 saturated carbocycles. The predicted octanol–water partition coefficient (Wildman–Crippen LogP) is 3.07. The van der Waals surface area contributed by atoms with Crippen molar-refractivity contribution < 1.29 is 9.90 Å². The summed E-state index contributed by atoms with van der Waals surface area (Å²) in [5.74, 6) is -0.254. The van der Waals surface area contributed by atoms with Crippen LogP contribution in [0.4, 0.5) is 0 Å². The molecule has 1 fully saturated rings. The molecule has 2 aromatic rings. The minimum absolute atomic E-state index is 0.234. The molecule has 1 amide bonds. The standard InChI is InChI=1S/C17H17BrN2O2/c18-14-5-1-3-12(9-14)11-20(15-6-7-15)17(22)16(21)13-4-2-8-19-10-13/h1-5,8-10,15-16,21H,6-7,11H2. The molecule has 5 heteroatoms. The minimum Gasteiger partial charge on any atom is -0.378 e. The first-order chi connectivity index (χ1) is 10.6. The molecule has 1 N–H and O–H groups in total. The van der Waals surface area contributed by atoms with E-state index in [1.165, 1.54) is 6.20 Å². The summed E-state index contributed by atoms with van der Waals surface area (Å²) in [5, 5.41) is 10.3. The summed E-state index contributed by atoms with van der Waals surface area (Å²) in [6.07, 6.45) is 4.01. The monoisotopic (exact) mass is 360 g/mol. The van der Waals surface area contributed by atoms with Crippen LogP contribution in [0, 0.1) is 0 Å². The highest BCUT2D eigenvalue weighted by molar-refractivity contribution is 9.10. The molecule has 1 unspecified atom stereocenters. The van der Waals surface area contributed by atoms with E-state index in [0.717, 1.165) is 22.9 Å². The Morgan fingerprint density at radius 3 is 2.82 bits per heavy atom. The number of halogens is 1. The van der Waals surface area contributed by atoms with Crippen LogP contribution in [0.25, 0.3) is 0 Å². The Hall–Kier alpha value is -1.72. The van der Waals surface area contributed by atoms with Crippen molar-refractivity contribution in [3.05, 3.63) is 64.4 Å². The number of carbonyl (C=O) groups is 1. The van der Waals surface area contributed by atoms with Crippen molar-refractivity contribution in [2.45, 2.75) is 31.5 Å². The second-order valence-electron chi connectivity index (χ2n) is 5.52. The van der Waals surface area contributed by atoms with Gasteiger partial charge in [0.05, 0.1) is 0 Å². The largest absolute Gasteiger partial charge is 0.378 e. The molecule has 1 aromatic carbocycles. The van der Waals surface area contributed by atoms with Crippen molar-refractivity contribution in [2.75, 3.05) is 0 Å². The van der Waals surface area contributed by atoms with E-state index in [1.807, 2.05) is 24.3 Å². The third kappa shape index (κ3) is 3.54. The van der Waals surface area contributed by atoms with Crippen molar-refractivity contribution in [3.8, 4) is 0 Å². The van der Waals surface area contributed by atoms with Gasteiger partial charge in [-0.25, -0.2) is 0 Å². The third-order valence-electron chi connectivity index (χ3n) is 3.75. The zero-order valence-corrected chi connectivity index (χ0v) is 13.6. The van der Waals surface area contributed by atoms with Crippen molar-refractivity contribution in [2.24, 2.45) is 0 Å². The van der Waals surface area contributed by atoms with Crippen molar-refractivity contribution >= 4 is 21.8 Å². The smallest absolute Gasteiger partial charge is 0.256 e. The number of aliphatic hydroxyl groups excluding tert-OH is 1. The topological polar surface area (TPSA) is 53.4 Å². The first-order valence-electron chi connectivity index (χ1n) is 7.28. The SMILES string of the molecule is O=C(C(O)c1cccnc1)N(Cc1cccc(Br)c1)C1CC1. The molecule has 1 atom stereocenters. The molecule has 1 aliphatic rings. The van der Waals surface area contributed by atoms with Crippen LogP contribution in [0.2, 0.25) is 0 Å². The number of aromatic nitrogens is 1. The normalized spacial score (nSPS) is 15.4. The summed E-state index contributed by atoms with van der Waals surface area (Å²) in [6.45, 7) is 0.514. The molecular formula is C17H17BrN2O2. The predicted molar refractivity (Wildman–Crippen MR) is 86.9 cm³/mol. The highest BCUT2D eigenvalue weighted by Crippen LogP contribution is 2.31. The van der Waals surface area contributed by atoms with Crippen LogP contribution in [-0.2, 0) is 11.3 Å². The van der Waals surface area contributed by atoms with Crippen LogP contribution in [-0.4, -0.2) is 26.9 Å². The van der Waals surface area contributed by atoms with Crippen LogP contribution >= 0.6 is 15.9 Å². The highest BCUT2D eigenvalue weighted by Gasteiger charge is 2.35. The van der Waals surface area contributed by atoms with Gasteiger partial charge >= 0.3 is 0 Å². The molecule has 1 aliphatic carbocycles. The van der Waals surface area contributed by atoms with Gasteiger partial charge < -0.3 is 10.0 Å². The van der Waals surface area contributed by atoms with Gasteiger partial charge in [-0.15, -0.1) is 0 Å². The molecule has 0 saturated heterocycles. The Balaban J connectivity index is 1.77. The molecule has 114 valence electrons. The van der Waals surface area contributed by atoms with E-state index in [1.54, 1.807) is 23.2 Å². The van der Waals surface area contributed by atoms with Gasteiger partial charge in [-0.2, -0.15) is 0 Å². The molecule has 4 nitrogen and oxygen atoms in total. The summed E-state index contributed by atoms with van der Waals surface area (Å²) in [5.41, 5.74) is 1.58. The van der Waals surface area contributed by atoms with Gasteiger partial charge in [-0.05, 0) is 36.6 Å². The maximum atomic E-state index is 12.7. The third-order valence-corrected chi connectivity index (χ3v) is 4.24. The fraction of sp³-hybridized carbons (Fsp3) is 0.294. The van der Waals surface area contributed by atoms with Gasteiger partial charge in [0.25, 0.3) is 5.91 Å². The molecule has 1 aromatic heterocycles. The molecule has 0 aliphatic heterocycles. The molecule has 0 spiro atoms. The maximum absolute atomic E-state index is 12.7. The number of amides is 1. The van der Waals surface area contributed by atoms with Gasteiger partial charge in [0.1, 0.15) is 0 Å². The van der Waals surface area contributed by atoms with Gasteiger partial charge in [-0.1, -0.05) is 34.1 Å². The van der Waals surface area contributed by atoms with Crippen LogP contribution in [0.5, 0.6) is 0 Å². The fourth-order valence-corrected chi connectivity index (χ4v) is 2.89. The summed E-state index contributed by atoms with van der Waals surface area (Å²) in [4.78, 5) is 18.4. The lowest BCUT2D eigenvalue weighted by molar-refractivity contribution is -0.141. The first-order valence-corrected chi connectivity index (χ1v) is 8.07. The lowest BCUT2D eigenvalue weighted by atomic mass is 10.1. The summed E-state index contributed by atoms with van der Waals surface area (Å²) in [7, 11) is 0. The highest BCUT2D eigenvalue weighted by atomic mass is 79.9. The van der Waals surface area contributed by atoms with E-state index >= 15 is 0 Å². The summed E-state index contributed by atoms with van der Waals surface area (Å²) >= 11 is 3.45. The van der Waals surface area contributed by atoms with Crippen LogP contribution in [0.1, 0.15) is 30.1 Å². The molecule has 1 heterocycles. The number of hydrogen-bond acceptors (Lipinski definition) is 3. The van der Waals surface area contributed by atoms with Gasteiger partial charge in [0.15, 0.2) is 6.10 Å². The van der Waals surface area contributed by atoms with E-state index in [-0.39, 0.29) is 11.9 Å². The zero-order chi connectivity index (χ0) is 15.5. The second-order valence-corrected chi connectivity index (χ2v) is 6.43. The molecule has 0 radical (unpaired) electrons. The first kappa shape index (κ1) is 15.2. The Labute approximate surface area is 137 Å². The Bertz CT molecular complexity index is 659. The van der Waals surface area contributed by atoms with Gasteiger partial charge in [0.2, 0.25) is 0 Å². The summed E-state index contributed by atoms with van der Waals surface area (Å²) in [6, 6.07) is 11.6. The van der Waals surface area contributed by atoms with Crippen molar-refractivity contribution in [3.63, 3.8) is 0 Å². The maximum Gasteiger partial charge on any atom is 0.256 e. The number of pyridine rings is 1. The van der Waals surface area contributed by atoms with Crippen molar-refractivity contribution in [1.82, 2.24) is 9.88 Å². The average Bonchev–Trinajstić information content (AvgIpc) is 3.37. The van der Waals surface area contributed by atoms with Crippen LogP contribution in [0.3, 0.4) is 0 Å². The summed E-state index contributed by atoms with van der Waals surface area (Å²) < 4.78 is 0.987. The Morgan fingerprint density at radius 1 is 1.36 bits per heavy atom. The second kappa shape index (κ2) is 6.58.